The van der Waals surface area contributed by atoms with Crippen molar-refractivity contribution in [1.29, 1.82) is 0 Å². The van der Waals surface area contributed by atoms with Gasteiger partial charge in [0.1, 0.15) is 5.76 Å². The highest BCUT2D eigenvalue weighted by Crippen LogP contribution is 2.31. The van der Waals surface area contributed by atoms with Crippen molar-refractivity contribution < 1.29 is 19.4 Å². The van der Waals surface area contributed by atoms with Gasteiger partial charge in [0.05, 0.1) is 5.92 Å². The second-order valence-corrected chi connectivity index (χ2v) is 4.06. The number of carbonyl (C=O) groups excluding carboxylic acids is 2. The topological polar surface area (TPSA) is 63.6 Å². The van der Waals surface area contributed by atoms with Gasteiger partial charge in [-0.25, -0.2) is 0 Å². The Kier molecular flexibility index (Phi) is 2.31. The van der Waals surface area contributed by atoms with Crippen LogP contribution in [0.4, 0.5) is 0 Å². The van der Waals surface area contributed by atoms with E-state index in [1.54, 1.807) is 19.1 Å². The van der Waals surface area contributed by atoms with Gasteiger partial charge in [-0.3, -0.25) is 9.59 Å². The van der Waals surface area contributed by atoms with Crippen LogP contribution in [0.25, 0.3) is 0 Å². The first-order valence-corrected chi connectivity index (χ1v) is 5.02. The minimum atomic E-state index is -1.66. The fraction of sp³-hybridized carbons (Fsp3) is 0.333. The molecule has 2 aliphatic rings. The fourth-order valence-electron chi connectivity index (χ4n) is 1.61. The molecule has 0 spiro atoms. The summed E-state index contributed by atoms with van der Waals surface area (Å²) in [5, 5.41) is 9.91. The molecule has 1 N–H and O–H groups in total. The van der Waals surface area contributed by atoms with Crippen molar-refractivity contribution >= 4 is 11.8 Å². The molecule has 2 atom stereocenters. The van der Waals surface area contributed by atoms with E-state index >= 15 is 0 Å². The zero-order valence-corrected chi connectivity index (χ0v) is 9.06. The van der Waals surface area contributed by atoms with Gasteiger partial charge in [-0.2, -0.15) is 0 Å². The molecule has 0 fully saturated rings. The Labute approximate surface area is 92.9 Å². The van der Waals surface area contributed by atoms with Crippen molar-refractivity contribution in [2.45, 2.75) is 19.4 Å². The van der Waals surface area contributed by atoms with Crippen LogP contribution in [0.1, 0.15) is 13.8 Å². The third-order valence-corrected chi connectivity index (χ3v) is 2.73. The monoisotopic (exact) mass is 220 g/mol. The molecule has 4 heteroatoms. The highest BCUT2D eigenvalue weighted by molar-refractivity contribution is 5.91. The standard InChI is InChI=1S/C12H12O4/c1-7-5-9-3-4-12(15,8(2)13)6-10(9)16-11(7)14/h3-7,15H,1-2H3. The quantitative estimate of drug-likeness (QED) is 0.666. The second-order valence-electron chi connectivity index (χ2n) is 4.06. The lowest BCUT2D eigenvalue weighted by Gasteiger charge is -2.27. The summed E-state index contributed by atoms with van der Waals surface area (Å²) in [6.07, 6.45) is 6.01. The smallest absolute Gasteiger partial charge is 0.317 e. The molecule has 0 saturated heterocycles. The van der Waals surface area contributed by atoms with Crippen molar-refractivity contribution in [3.05, 3.63) is 35.6 Å². The Hall–Kier alpha value is -1.68. The minimum Gasteiger partial charge on any atom is -0.426 e. The van der Waals surface area contributed by atoms with E-state index in [-0.39, 0.29) is 17.6 Å². The average Bonchev–Trinajstić information content (AvgIpc) is 2.20. The number of esters is 1. The lowest BCUT2D eigenvalue weighted by atomic mass is 9.89. The minimum absolute atomic E-state index is 0.253. The Morgan fingerprint density at radius 2 is 2.25 bits per heavy atom. The van der Waals surface area contributed by atoms with E-state index in [9.17, 15) is 14.7 Å². The molecule has 0 radical (unpaired) electrons. The molecule has 4 nitrogen and oxygen atoms in total. The first kappa shape index (κ1) is 10.8. The largest absolute Gasteiger partial charge is 0.426 e. The van der Waals surface area contributed by atoms with E-state index < -0.39 is 11.4 Å². The Balaban J connectivity index is 2.43. The zero-order valence-electron chi connectivity index (χ0n) is 9.06. The maximum absolute atomic E-state index is 11.3. The third-order valence-electron chi connectivity index (χ3n) is 2.73. The number of allylic oxidation sites excluding steroid dienone is 1. The van der Waals surface area contributed by atoms with Crippen molar-refractivity contribution in [3.63, 3.8) is 0 Å². The van der Waals surface area contributed by atoms with Crippen molar-refractivity contribution in [3.8, 4) is 0 Å². The van der Waals surface area contributed by atoms with E-state index in [1.165, 1.54) is 19.1 Å². The molecule has 2 unspecified atom stereocenters. The molecule has 16 heavy (non-hydrogen) atoms. The molecule has 0 aromatic heterocycles. The SMILES string of the molecule is CC(=O)C1(O)C=CC2=CC(C)C(=O)OC2=C1. The van der Waals surface area contributed by atoms with Crippen LogP contribution in [0, 0.1) is 5.92 Å². The molecule has 0 amide bonds. The Morgan fingerprint density at radius 1 is 1.56 bits per heavy atom. The number of aliphatic hydroxyl groups is 1. The second kappa shape index (κ2) is 3.42. The maximum atomic E-state index is 11.3. The summed E-state index contributed by atoms with van der Waals surface area (Å²) in [6, 6.07) is 0. The number of ketones is 1. The molecule has 0 aromatic rings. The van der Waals surface area contributed by atoms with Crippen molar-refractivity contribution in [2.24, 2.45) is 5.92 Å². The van der Waals surface area contributed by atoms with Crippen LogP contribution in [-0.4, -0.2) is 22.5 Å². The van der Waals surface area contributed by atoms with Crippen LogP contribution in [0.2, 0.25) is 0 Å². The van der Waals surface area contributed by atoms with Gasteiger partial charge < -0.3 is 9.84 Å². The first-order valence-electron chi connectivity index (χ1n) is 5.02. The molecule has 84 valence electrons. The van der Waals surface area contributed by atoms with Gasteiger partial charge in [-0.15, -0.1) is 0 Å². The number of ether oxygens (including phenoxy) is 1. The number of Topliss-reactive ketones (excluding diaryl/α,β-unsaturated/α-hetero) is 1. The number of hydrogen-bond donors (Lipinski definition) is 1. The summed E-state index contributed by atoms with van der Waals surface area (Å²) in [4.78, 5) is 22.6. The van der Waals surface area contributed by atoms with Gasteiger partial charge in [0.25, 0.3) is 0 Å². The number of rotatable bonds is 1. The summed E-state index contributed by atoms with van der Waals surface area (Å²) in [5.41, 5.74) is -0.939. The van der Waals surface area contributed by atoms with E-state index in [2.05, 4.69) is 0 Å². The highest BCUT2D eigenvalue weighted by Gasteiger charge is 2.34. The van der Waals surface area contributed by atoms with Gasteiger partial charge in [-0.1, -0.05) is 12.2 Å². The van der Waals surface area contributed by atoms with Gasteiger partial charge in [0.2, 0.25) is 0 Å². The first-order chi connectivity index (χ1) is 7.42. The lowest BCUT2D eigenvalue weighted by molar-refractivity contribution is -0.143. The summed E-state index contributed by atoms with van der Waals surface area (Å²) in [5.74, 6) is -0.843. The van der Waals surface area contributed by atoms with Gasteiger partial charge in [0.15, 0.2) is 11.4 Å². The fourth-order valence-corrected chi connectivity index (χ4v) is 1.61. The summed E-state index contributed by atoms with van der Waals surface area (Å²) >= 11 is 0. The van der Waals surface area contributed by atoms with E-state index in [0.717, 1.165) is 5.57 Å². The summed E-state index contributed by atoms with van der Waals surface area (Å²) in [6.45, 7) is 3.01. The lowest BCUT2D eigenvalue weighted by Crippen LogP contribution is -2.35. The predicted molar refractivity (Wildman–Crippen MR) is 56.2 cm³/mol. The van der Waals surface area contributed by atoms with Crippen LogP contribution < -0.4 is 0 Å². The third kappa shape index (κ3) is 1.61. The zero-order chi connectivity index (χ0) is 11.9. The molecule has 0 saturated carbocycles. The normalized spacial score (nSPS) is 32.4. The van der Waals surface area contributed by atoms with E-state index in [1.807, 2.05) is 0 Å². The maximum Gasteiger partial charge on any atom is 0.317 e. The van der Waals surface area contributed by atoms with Gasteiger partial charge >= 0.3 is 5.97 Å². The van der Waals surface area contributed by atoms with E-state index in [0.29, 0.717) is 0 Å². The van der Waals surface area contributed by atoms with Crippen LogP contribution in [0.15, 0.2) is 35.6 Å². The van der Waals surface area contributed by atoms with Crippen molar-refractivity contribution in [2.75, 3.05) is 0 Å². The van der Waals surface area contributed by atoms with Crippen LogP contribution in [0.5, 0.6) is 0 Å². The van der Waals surface area contributed by atoms with Crippen molar-refractivity contribution in [1.82, 2.24) is 0 Å². The number of hydrogen-bond acceptors (Lipinski definition) is 4. The molecular weight excluding hydrogens is 208 g/mol. The summed E-state index contributed by atoms with van der Waals surface area (Å²) in [7, 11) is 0. The molecule has 2 rings (SSSR count). The van der Waals surface area contributed by atoms with Crippen LogP contribution in [-0.2, 0) is 14.3 Å². The molecule has 1 heterocycles. The molecule has 0 bridgehead atoms. The molecular formula is C12H12O4. The van der Waals surface area contributed by atoms with Gasteiger partial charge in [-0.05, 0) is 19.9 Å². The molecule has 1 aliphatic carbocycles. The molecule has 0 aromatic carbocycles. The van der Waals surface area contributed by atoms with Crippen LogP contribution >= 0.6 is 0 Å². The number of fused-ring (bicyclic) bond motifs is 1. The average molecular weight is 220 g/mol. The highest BCUT2D eigenvalue weighted by atomic mass is 16.5. The molecule has 1 aliphatic heterocycles. The Bertz CT molecular complexity index is 456. The van der Waals surface area contributed by atoms with Gasteiger partial charge in [0, 0.05) is 11.6 Å². The summed E-state index contributed by atoms with van der Waals surface area (Å²) < 4.78 is 5.04. The predicted octanol–water partition coefficient (Wildman–Crippen LogP) is 0.880. The van der Waals surface area contributed by atoms with E-state index in [4.69, 9.17) is 4.74 Å². The Morgan fingerprint density at radius 3 is 2.88 bits per heavy atom. The van der Waals surface area contributed by atoms with Crippen LogP contribution in [0.3, 0.4) is 0 Å². The number of carbonyl (C=O) groups is 2.